The van der Waals surface area contributed by atoms with Crippen LogP contribution in [-0.4, -0.2) is 59.1 Å². The van der Waals surface area contributed by atoms with Gasteiger partial charge in [-0.25, -0.2) is 0 Å². The van der Waals surface area contributed by atoms with Crippen molar-refractivity contribution in [1.29, 1.82) is 0 Å². The average Bonchev–Trinajstić information content (AvgIpc) is 3.25. The molecule has 0 N–H and O–H groups in total. The Morgan fingerprint density at radius 3 is 2.75 bits per heavy atom. The summed E-state index contributed by atoms with van der Waals surface area (Å²) in [6.45, 7) is 9.00. The third-order valence-corrected chi connectivity index (χ3v) is 5.75. The van der Waals surface area contributed by atoms with Crippen LogP contribution in [-0.2, 0) is 0 Å². The maximum absolute atomic E-state index is 13.0. The Balaban J connectivity index is 1.43. The molecule has 3 heterocycles. The number of nitrogens with zero attached hydrogens (tertiary/aromatic N) is 4. The minimum atomic E-state index is 0.0439. The smallest absolute Gasteiger partial charge is 0.257 e. The zero-order chi connectivity index (χ0) is 19.9. The highest BCUT2D eigenvalue weighted by Gasteiger charge is 2.53. The number of carbonyl (C=O) groups excluding carboxylic acids is 1. The average molecular weight is 384 g/mol. The second kappa shape index (κ2) is 7.20. The van der Waals surface area contributed by atoms with Crippen LogP contribution in [0.5, 0.6) is 5.75 Å². The first-order valence-corrected chi connectivity index (χ1v) is 9.97. The molecule has 2 aliphatic rings. The van der Waals surface area contributed by atoms with Crippen molar-refractivity contribution < 1.29 is 14.1 Å². The molecule has 1 atom stereocenters. The number of aromatic nitrogens is 2. The summed E-state index contributed by atoms with van der Waals surface area (Å²) in [6.07, 6.45) is 0.942. The Morgan fingerprint density at radius 1 is 1.32 bits per heavy atom. The van der Waals surface area contributed by atoms with Gasteiger partial charge in [0.25, 0.3) is 5.91 Å². The molecule has 4 rings (SSSR count). The lowest BCUT2D eigenvalue weighted by molar-refractivity contribution is 0.0112. The van der Waals surface area contributed by atoms with Crippen molar-refractivity contribution in [1.82, 2.24) is 19.9 Å². The number of para-hydroxylation sites is 1. The van der Waals surface area contributed by atoms with Gasteiger partial charge >= 0.3 is 0 Å². The van der Waals surface area contributed by atoms with Crippen LogP contribution in [0.4, 0.5) is 0 Å². The van der Waals surface area contributed by atoms with E-state index in [1.165, 1.54) is 0 Å². The van der Waals surface area contributed by atoms with E-state index in [-0.39, 0.29) is 23.3 Å². The number of carbonyl (C=O) groups is 1. The SMILES string of the molecule is CCOc1ccccc1C(=O)N1CC2(CC(c3noc(C(C)C)n3)N(C)C2)C1. The summed E-state index contributed by atoms with van der Waals surface area (Å²) in [7, 11) is 2.10. The van der Waals surface area contributed by atoms with Gasteiger partial charge in [0.15, 0.2) is 5.82 Å². The second-order valence-corrected chi connectivity index (χ2v) is 8.37. The maximum atomic E-state index is 13.0. The molecule has 2 aliphatic heterocycles. The first-order valence-electron chi connectivity index (χ1n) is 9.97. The highest BCUT2D eigenvalue weighted by atomic mass is 16.5. The zero-order valence-electron chi connectivity index (χ0n) is 17.0. The highest BCUT2D eigenvalue weighted by molar-refractivity contribution is 5.97. The molecule has 0 bridgehead atoms. The molecule has 7 nitrogen and oxygen atoms in total. The summed E-state index contributed by atoms with van der Waals surface area (Å²) in [5.41, 5.74) is 0.746. The van der Waals surface area contributed by atoms with E-state index in [0.717, 1.165) is 31.9 Å². The largest absolute Gasteiger partial charge is 0.493 e. The van der Waals surface area contributed by atoms with Crippen molar-refractivity contribution in [3.05, 3.63) is 41.5 Å². The fourth-order valence-corrected chi connectivity index (χ4v) is 4.41. The molecule has 2 saturated heterocycles. The molecule has 2 fully saturated rings. The van der Waals surface area contributed by atoms with Crippen LogP contribution in [0.25, 0.3) is 0 Å². The summed E-state index contributed by atoms with van der Waals surface area (Å²) in [5.74, 6) is 2.37. The van der Waals surface area contributed by atoms with Crippen LogP contribution in [0.15, 0.2) is 28.8 Å². The molecule has 7 heteroatoms. The minimum Gasteiger partial charge on any atom is -0.493 e. The molecule has 1 aromatic carbocycles. The van der Waals surface area contributed by atoms with Gasteiger partial charge in [0.05, 0.1) is 18.2 Å². The van der Waals surface area contributed by atoms with Gasteiger partial charge in [-0.3, -0.25) is 9.69 Å². The van der Waals surface area contributed by atoms with Gasteiger partial charge in [-0.1, -0.05) is 31.1 Å². The third-order valence-electron chi connectivity index (χ3n) is 5.75. The van der Waals surface area contributed by atoms with Gasteiger partial charge in [0.2, 0.25) is 5.89 Å². The molecule has 1 aromatic heterocycles. The maximum Gasteiger partial charge on any atom is 0.257 e. The molecule has 150 valence electrons. The van der Waals surface area contributed by atoms with E-state index in [0.29, 0.717) is 23.8 Å². The summed E-state index contributed by atoms with van der Waals surface area (Å²) in [4.78, 5) is 21.8. The number of rotatable bonds is 5. The molecule has 0 radical (unpaired) electrons. The highest BCUT2D eigenvalue weighted by Crippen LogP contribution is 2.47. The number of ether oxygens (including phenoxy) is 1. The molecule has 1 amide bonds. The van der Waals surface area contributed by atoms with Crippen molar-refractivity contribution in [2.24, 2.45) is 5.41 Å². The lowest BCUT2D eigenvalue weighted by Crippen LogP contribution is -2.59. The van der Waals surface area contributed by atoms with Crippen molar-refractivity contribution >= 4 is 5.91 Å². The summed E-state index contributed by atoms with van der Waals surface area (Å²) in [5, 5.41) is 4.20. The summed E-state index contributed by atoms with van der Waals surface area (Å²) in [6, 6.07) is 7.62. The fourth-order valence-electron chi connectivity index (χ4n) is 4.41. The number of benzene rings is 1. The Hall–Kier alpha value is -2.41. The van der Waals surface area contributed by atoms with Crippen molar-refractivity contribution in [2.75, 3.05) is 33.3 Å². The number of amides is 1. The molecule has 1 spiro atoms. The topological polar surface area (TPSA) is 71.7 Å². The Kier molecular flexibility index (Phi) is 4.87. The minimum absolute atomic E-state index is 0.0439. The first kappa shape index (κ1) is 18.9. The molecule has 2 aromatic rings. The van der Waals surface area contributed by atoms with Crippen LogP contribution in [0.3, 0.4) is 0 Å². The first-order chi connectivity index (χ1) is 13.4. The van der Waals surface area contributed by atoms with Crippen molar-refractivity contribution in [3.63, 3.8) is 0 Å². The molecular formula is C21H28N4O3. The van der Waals surface area contributed by atoms with Crippen LogP contribution in [0.2, 0.25) is 0 Å². The molecule has 0 saturated carbocycles. The van der Waals surface area contributed by atoms with Crippen LogP contribution in [0.1, 0.15) is 61.2 Å². The monoisotopic (exact) mass is 384 g/mol. The Labute approximate surface area is 165 Å². The van der Waals surface area contributed by atoms with Crippen LogP contribution >= 0.6 is 0 Å². The van der Waals surface area contributed by atoms with E-state index in [4.69, 9.17) is 9.26 Å². The molecule has 28 heavy (non-hydrogen) atoms. The lowest BCUT2D eigenvalue weighted by atomic mass is 9.77. The van der Waals surface area contributed by atoms with Crippen molar-refractivity contribution in [3.8, 4) is 5.75 Å². The van der Waals surface area contributed by atoms with E-state index in [2.05, 4.69) is 22.1 Å². The van der Waals surface area contributed by atoms with E-state index in [1.807, 2.05) is 49.9 Å². The van der Waals surface area contributed by atoms with Gasteiger partial charge in [-0.15, -0.1) is 0 Å². The molecular weight excluding hydrogens is 356 g/mol. The van der Waals surface area contributed by atoms with Gasteiger partial charge < -0.3 is 14.2 Å². The normalized spacial score (nSPS) is 21.3. The lowest BCUT2D eigenvalue weighted by Gasteiger charge is -2.48. The Bertz CT molecular complexity index is 857. The standard InChI is InChI=1S/C21H28N4O3/c1-5-27-17-9-7-6-8-15(17)20(26)25-12-21(13-25)10-16(24(4)11-21)18-22-19(14(2)3)28-23-18/h6-9,14,16H,5,10-13H2,1-4H3. The number of likely N-dealkylation sites (tertiary alicyclic amines) is 2. The predicted octanol–water partition coefficient (Wildman–Crippen LogP) is 3.11. The number of hydrogen-bond donors (Lipinski definition) is 0. The summed E-state index contributed by atoms with van der Waals surface area (Å²) < 4.78 is 11.0. The van der Waals surface area contributed by atoms with Gasteiger partial charge in [-0.05, 0) is 32.5 Å². The molecule has 0 aliphatic carbocycles. The Morgan fingerprint density at radius 2 is 2.07 bits per heavy atom. The van der Waals surface area contributed by atoms with E-state index in [9.17, 15) is 4.79 Å². The van der Waals surface area contributed by atoms with Gasteiger partial charge in [-0.2, -0.15) is 4.98 Å². The summed E-state index contributed by atoms with van der Waals surface area (Å²) >= 11 is 0. The zero-order valence-corrected chi connectivity index (χ0v) is 17.0. The second-order valence-electron chi connectivity index (χ2n) is 8.37. The van der Waals surface area contributed by atoms with Crippen LogP contribution < -0.4 is 4.74 Å². The number of hydrogen-bond acceptors (Lipinski definition) is 6. The van der Waals surface area contributed by atoms with E-state index in [1.54, 1.807) is 0 Å². The van der Waals surface area contributed by atoms with E-state index < -0.39 is 0 Å². The molecule has 1 unspecified atom stereocenters. The predicted molar refractivity (Wildman–Crippen MR) is 104 cm³/mol. The van der Waals surface area contributed by atoms with Crippen LogP contribution in [0, 0.1) is 5.41 Å². The van der Waals surface area contributed by atoms with Crippen molar-refractivity contribution in [2.45, 2.75) is 39.2 Å². The fraction of sp³-hybridized carbons (Fsp3) is 0.571. The third kappa shape index (κ3) is 3.28. The van der Waals surface area contributed by atoms with Gasteiger partial charge in [0.1, 0.15) is 5.75 Å². The van der Waals surface area contributed by atoms with E-state index >= 15 is 0 Å². The van der Waals surface area contributed by atoms with Gasteiger partial charge in [0, 0.05) is 31.0 Å². The quantitative estimate of drug-likeness (QED) is 0.789.